The molecule has 7 heteroatoms. The van der Waals surface area contributed by atoms with Crippen LogP contribution in [0.4, 0.5) is 4.39 Å². The Morgan fingerprint density at radius 2 is 2.17 bits per heavy atom. The first-order chi connectivity index (χ1) is 11.6. The van der Waals surface area contributed by atoms with Gasteiger partial charge >= 0.3 is 0 Å². The van der Waals surface area contributed by atoms with Crippen LogP contribution in [0.5, 0.6) is 0 Å². The van der Waals surface area contributed by atoms with Gasteiger partial charge in [-0.2, -0.15) is 0 Å². The molecule has 1 aliphatic heterocycles. The molecule has 0 spiro atoms. The highest BCUT2D eigenvalue weighted by atomic mass is 19.1. The summed E-state index contributed by atoms with van der Waals surface area (Å²) in [6.07, 6.45) is 1.23. The van der Waals surface area contributed by atoms with E-state index in [1.165, 1.54) is 6.07 Å². The summed E-state index contributed by atoms with van der Waals surface area (Å²) in [5, 5.41) is 13.2. The number of carbonyl (C=O) groups is 1. The van der Waals surface area contributed by atoms with Gasteiger partial charge < -0.3 is 20.2 Å². The van der Waals surface area contributed by atoms with Crippen LogP contribution in [-0.4, -0.2) is 66.0 Å². The Balaban J connectivity index is 1.55. The van der Waals surface area contributed by atoms with Crippen LogP contribution < -0.4 is 5.32 Å². The van der Waals surface area contributed by atoms with E-state index >= 15 is 0 Å². The predicted octanol–water partition coefficient (Wildman–Crippen LogP) is 0.741. The van der Waals surface area contributed by atoms with E-state index in [9.17, 15) is 14.3 Å². The topological polar surface area (TPSA) is 68.2 Å². The molecule has 1 aliphatic carbocycles. The monoisotopic (exact) mass is 334 g/mol. The third-order valence-electron chi connectivity index (χ3n) is 4.47. The van der Waals surface area contributed by atoms with E-state index in [0.717, 1.165) is 12.8 Å². The molecule has 3 rings (SSSR count). The van der Waals surface area contributed by atoms with Crippen molar-refractivity contribution in [3.05, 3.63) is 35.6 Å². The molecule has 2 fully saturated rings. The molecule has 0 radical (unpaired) electrons. The number of nitrogens with one attached hydrogen (secondary N) is 1. The first-order valence-electron chi connectivity index (χ1n) is 8.27. The van der Waals surface area contributed by atoms with Crippen LogP contribution in [0.25, 0.3) is 0 Å². The number of carbonyl (C=O) groups excluding carboxylic acids is 1. The normalized spacial score (nSPS) is 20.3. The second kappa shape index (κ2) is 7.17. The SMILES string of the molecule is CN=C(NCC(O)c1ccccc1F)N1CCN(C2CC2)C(=O)C1. The van der Waals surface area contributed by atoms with Crippen molar-refractivity contribution in [2.24, 2.45) is 4.99 Å². The zero-order chi connectivity index (χ0) is 17.1. The van der Waals surface area contributed by atoms with E-state index in [2.05, 4.69) is 10.3 Å². The van der Waals surface area contributed by atoms with Crippen molar-refractivity contribution in [3.8, 4) is 0 Å². The summed E-state index contributed by atoms with van der Waals surface area (Å²) >= 11 is 0. The molecule has 24 heavy (non-hydrogen) atoms. The Labute approximate surface area is 141 Å². The summed E-state index contributed by atoms with van der Waals surface area (Å²) < 4.78 is 13.7. The Kier molecular flexibility index (Phi) is 4.99. The molecular formula is C17H23FN4O2. The average molecular weight is 334 g/mol. The van der Waals surface area contributed by atoms with E-state index in [-0.39, 0.29) is 24.6 Å². The number of benzene rings is 1. The van der Waals surface area contributed by atoms with Crippen LogP contribution >= 0.6 is 0 Å². The molecule has 130 valence electrons. The minimum atomic E-state index is -0.980. The molecule has 1 atom stereocenters. The van der Waals surface area contributed by atoms with Gasteiger partial charge in [0.25, 0.3) is 0 Å². The van der Waals surface area contributed by atoms with Gasteiger partial charge in [0.05, 0.1) is 12.6 Å². The van der Waals surface area contributed by atoms with Crippen molar-refractivity contribution < 1.29 is 14.3 Å². The van der Waals surface area contributed by atoms with Crippen LogP contribution in [0.15, 0.2) is 29.3 Å². The summed E-state index contributed by atoms with van der Waals surface area (Å²) in [5.74, 6) is 0.227. The van der Waals surface area contributed by atoms with E-state index in [1.54, 1.807) is 25.2 Å². The number of rotatable bonds is 4. The Hall–Kier alpha value is -2.15. The Morgan fingerprint density at radius 1 is 1.42 bits per heavy atom. The molecule has 2 N–H and O–H groups in total. The van der Waals surface area contributed by atoms with Gasteiger partial charge in [-0.25, -0.2) is 4.39 Å². The van der Waals surface area contributed by atoms with Crippen LogP contribution in [0.1, 0.15) is 24.5 Å². The maximum absolute atomic E-state index is 13.7. The molecule has 1 saturated carbocycles. The van der Waals surface area contributed by atoms with Crippen molar-refractivity contribution in [1.29, 1.82) is 0 Å². The number of halogens is 1. The molecule has 1 amide bonds. The fourth-order valence-electron chi connectivity index (χ4n) is 3.02. The average Bonchev–Trinajstić information content (AvgIpc) is 3.40. The van der Waals surface area contributed by atoms with E-state index in [4.69, 9.17) is 0 Å². The van der Waals surface area contributed by atoms with Crippen LogP contribution in [0.2, 0.25) is 0 Å². The zero-order valence-corrected chi connectivity index (χ0v) is 13.8. The van der Waals surface area contributed by atoms with E-state index < -0.39 is 11.9 Å². The van der Waals surface area contributed by atoms with E-state index in [1.807, 2.05) is 9.80 Å². The lowest BCUT2D eigenvalue weighted by atomic mass is 10.1. The smallest absolute Gasteiger partial charge is 0.242 e. The van der Waals surface area contributed by atoms with Crippen LogP contribution in [-0.2, 0) is 4.79 Å². The van der Waals surface area contributed by atoms with Gasteiger partial charge in [-0.05, 0) is 18.9 Å². The molecule has 6 nitrogen and oxygen atoms in total. The molecule has 1 unspecified atom stereocenters. The second-order valence-electron chi connectivity index (χ2n) is 6.21. The summed E-state index contributed by atoms with van der Waals surface area (Å²) in [6, 6.07) is 6.58. The number of guanidine groups is 1. The molecule has 0 bridgehead atoms. The van der Waals surface area contributed by atoms with Gasteiger partial charge in [0, 0.05) is 38.3 Å². The molecule has 1 heterocycles. The molecule has 1 aromatic rings. The third kappa shape index (κ3) is 3.67. The quantitative estimate of drug-likeness (QED) is 0.630. The van der Waals surface area contributed by atoms with Crippen molar-refractivity contribution in [1.82, 2.24) is 15.1 Å². The lowest BCUT2D eigenvalue weighted by Crippen LogP contribution is -2.56. The maximum atomic E-state index is 13.7. The Bertz CT molecular complexity index is 633. The number of hydrogen-bond acceptors (Lipinski definition) is 3. The highest BCUT2D eigenvalue weighted by Gasteiger charge is 2.36. The molecular weight excluding hydrogens is 311 g/mol. The number of amides is 1. The minimum Gasteiger partial charge on any atom is -0.386 e. The molecule has 0 aromatic heterocycles. The summed E-state index contributed by atoms with van der Waals surface area (Å²) in [5.41, 5.74) is 0.245. The van der Waals surface area contributed by atoms with Gasteiger partial charge in [0.1, 0.15) is 5.82 Å². The largest absolute Gasteiger partial charge is 0.386 e. The zero-order valence-electron chi connectivity index (χ0n) is 13.8. The van der Waals surface area contributed by atoms with Gasteiger partial charge in [-0.3, -0.25) is 9.79 Å². The highest BCUT2D eigenvalue weighted by molar-refractivity contribution is 5.88. The van der Waals surface area contributed by atoms with Crippen LogP contribution in [0.3, 0.4) is 0 Å². The summed E-state index contributed by atoms with van der Waals surface area (Å²) in [6.45, 7) is 1.81. The first kappa shape index (κ1) is 16.7. The second-order valence-corrected chi connectivity index (χ2v) is 6.21. The van der Waals surface area contributed by atoms with Gasteiger partial charge in [-0.15, -0.1) is 0 Å². The predicted molar refractivity (Wildman–Crippen MR) is 89.0 cm³/mol. The maximum Gasteiger partial charge on any atom is 0.242 e. The third-order valence-corrected chi connectivity index (χ3v) is 4.47. The van der Waals surface area contributed by atoms with Crippen molar-refractivity contribution in [3.63, 3.8) is 0 Å². The number of aliphatic hydroxyl groups excluding tert-OH is 1. The summed E-state index contributed by atoms with van der Waals surface area (Å²) in [4.78, 5) is 20.2. The minimum absolute atomic E-state index is 0.112. The lowest BCUT2D eigenvalue weighted by Gasteiger charge is -2.36. The first-order valence-corrected chi connectivity index (χ1v) is 8.27. The van der Waals surface area contributed by atoms with Gasteiger partial charge in [0.2, 0.25) is 5.91 Å². The van der Waals surface area contributed by atoms with Gasteiger partial charge in [-0.1, -0.05) is 18.2 Å². The molecule has 2 aliphatic rings. The summed E-state index contributed by atoms with van der Waals surface area (Å²) in [7, 11) is 1.63. The number of aliphatic imine (C=N–C) groups is 1. The fraction of sp³-hybridized carbons (Fsp3) is 0.529. The Morgan fingerprint density at radius 3 is 2.79 bits per heavy atom. The van der Waals surface area contributed by atoms with Gasteiger partial charge in [0.15, 0.2) is 5.96 Å². The van der Waals surface area contributed by atoms with Crippen LogP contribution in [0, 0.1) is 5.82 Å². The standard InChI is InChI=1S/C17H23FN4O2/c1-19-17(20-10-15(23)13-4-2-3-5-14(13)18)21-8-9-22(12-6-7-12)16(24)11-21/h2-5,12,15,23H,6-11H2,1H3,(H,19,20). The number of piperazine rings is 1. The number of aliphatic hydroxyl groups is 1. The highest BCUT2D eigenvalue weighted by Crippen LogP contribution is 2.28. The van der Waals surface area contributed by atoms with Crippen molar-refractivity contribution >= 4 is 11.9 Å². The van der Waals surface area contributed by atoms with Crippen molar-refractivity contribution in [2.75, 3.05) is 33.2 Å². The molecule has 1 aromatic carbocycles. The fourth-order valence-corrected chi connectivity index (χ4v) is 3.02. The number of hydrogen-bond donors (Lipinski definition) is 2. The van der Waals surface area contributed by atoms with Crippen molar-refractivity contribution in [2.45, 2.75) is 25.0 Å². The number of nitrogens with zero attached hydrogens (tertiary/aromatic N) is 3. The lowest BCUT2D eigenvalue weighted by molar-refractivity contribution is -0.135. The molecule has 1 saturated heterocycles. The van der Waals surface area contributed by atoms with E-state index in [0.29, 0.717) is 25.1 Å².